The summed E-state index contributed by atoms with van der Waals surface area (Å²) in [6.45, 7) is 4.13. The van der Waals surface area contributed by atoms with Crippen LogP contribution in [0.15, 0.2) is 81.7 Å². The van der Waals surface area contributed by atoms with Crippen molar-refractivity contribution in [3.8, 4) is 17.2 Å². The molecule has 0 bridgehead atoms. The lowest BCUT2D eigenvalue weighted by Crippen LogP contribution is -2.39. The van der Waals surface area contributed by atoms with Crippen LogP contribution in [-0.4, -0.2) is 31.4 Å². The van der Waals surface area contributed by atoms with Crippen LogP contribution in [0.1, 0.15) is 36.6 Å². The molecule has 5 rings (SSSR count). The highest BCUT2D eigenvalue weighted by atomic mass is 127. The summed E-state index contributed by atoms with van der Waals surface area (Å²) in [4.78, 5) is 32.2. The molecule has 0 unspecified atom stereocenters. The molecule has 8 nitrogen and oxygen atoms in total. The Hall–Kier alpha value is -3.17. The number of hydrogen-bond acceptors (Lipinski definition) is 8. The Morgan fingerprint density at radius 1 is 1.00 bits per heavy atom. The van der Waals surface area contributed by atoms with E-state index in [1.165, 1.54) is 11.3 Å². The largest absolute Gasteiger partial charge is 0.493 e. The average Bonchev–Trinajstić information content (AvgIpc) is 3.30. The molecule has 0 aliphatic carbocycles. The fourth-order valence-electron chi connectivity index (χ4n) is 4.74. The smallest absolute Gasteiger partial charge is 0.338 e. The zero-order chi connectivity index (χ0) is 30.7. The summed E-state index contributed by atoms with van der Waals surface area (Å²) in [7, 11) is 3.10. The van der Waals surface area contributed by atoms with E-state index in [0.717, 1.165) is 24.0 Å². The number of ether oxygens (including phenoxy) is 4. The van der Waals surface area contributed by atoms with Gasteiger partial charge in [-0.15, -0.1) is 0 Å². The third-order valence-electron chi connectivity index (χ3n) is 6.81. The van der Waals surface area contributed by atoms with Gasteiger partial charge in [0.15, 0.2) is 16.3 Å². The second-order valence-electron chi connectivity index (χ2n) is 9.52. The number of carbonyl (C=O) groups is 1. The van der Waals surface area contributed by atoms with Crippen molar-refractivity contribution in [2.75, 3.05) is 20.8 Å². The third-order valence-corrected chi connectivity index (χ3v) is 9.30. The number of thiazole rings is 1. The monoisotopic (exact) mass is 822 g/mol. The molecule has 0 N–H and O–H groups in total. The summed E-state index contributed by atoms with van der Waals surface area (Å²) in [6.07, 6.45) is 1.84. The number of hydrogen-bond donors (Lipinski definition) is 0. The lowest BCUT2D eigenvalue weighted by molar-refractivity contribution is -0.139. The molecule has 0 spiro atoms. The van der Waals surface area contributed by atoms with Gasteiger partial charge in [-0.2, -0.15) is 0 Å². The second-order valence-corrected chi connectivity index (χ2v) is 12.9. The first-order chi connectivity index (χ1) is 20.7. The number of carbonyl (C=O) groups excluding carboxylic acids is 1. The van der Waals surface area contributed by atoms with Crippen LogP contribution in [0.2, 0.25) is 0 Å². The molecule has 222 valence electrons. The lowest BCUT2D eigenvalue weighted by Gasteiger charge is -2.25. The van der Waals surface area contributed by atoms with E-state index >= 15 is 0 Å². The Labute approximate surface area is 279 Å². The highest BCUT2D eigenvalue weighted by Crippen LogP contribution is 2.36. The first-order valence-electron chi connectivity index (χ1n) is 13.3. The van der Waals surface area contributed by atoms with Crippen molar-refractivity contribution >= 4 is 68.6 Å². The molecule has 1 atom stereocenters. The Morgan fingerprint density at radius 2 is 1.72 bits per heavy atom. The number of rotatable bonds is 9. The van der Waals surface area contributed by atoms with Crippen LogP contribution >= 0.6 is 56.5 Å². The fraction of sp³-hybridized carbons (Fsp3) is 0.219. The van der Waals surface area contributed by atoms with Crippen LogP contribution in [0, 0.1) is 7.14 Å². The molecule has 4 aromatic rings. The fourth-order valence-corrected chi connectivity index (χ4v) is 7.55. The van der Waals surface area contributed by atoms with Gasteiger partial charge in [-0.1, -0.05) is 41.7 Å². The van der Waals surface area contributed by atoms with Gasteiger partial charge in [0.05, 0.1) is 46.2 Å². The van der Waals surface area contributed by atoms with Crippen molar-refractivity contribution in [3.63, 3.8) is 0 Å². The first-order valence-corrected chi connectivity index (χ1v) is 16.3. The molecule has 0 radical (unpaired) electrons. The number of halogens is 2. The van der Waals surface area contributed by atoms with Gasteiger partial charge in [-0.05, 0) is 112 Å². The van der Waals surface area contributed by atoms with Crippen LogP contribution < -0.4 is 29.1 Å². The summed E-state index contributed by atoms with van der Waals surface area (Å²) in [5, 5.41) is 0. The number of aromatic nitrogens is 1. The van der Waals surface area contributed by atoms with E-state index in [2.05, 4.69) is 56.2 Å². The van der Waals surface area contributed by atoms with Gasteiger partial charge in [-0.25, -0.2) is 9.79 Å². The van der Waals surface area contributed by atoms with Crippen LogP contribution in [0.4, 0.5) is 0 Å². The van der Waals surface area contributed by atoms with E-state index < -0.39 is 12.0 Å². The third kappa shape index (κ3) is 6.68. The summed E-state index contributed by atoms with van der Waals surface area (Å²) >= 11 is 5.83. The van der Waals surface area contributed by atoms with Crippen LogP contribution in [0.3, 0.4) is 0 Å². The van der Waals surface area contributed by atoms with E-state index in [1.807, 2.05) is 48.5 Å². The van der Waals surface area contributed by atoms with Gasteiger partial charge in [0.25, 0.3) is 5.56 Å². The summed E-state index contributed by atoms with van der Waals surface area (Å²) < 4.78 is 26.6. The maximum atomic E-state index is 13.9. The van der Waals surface area contributed by atoms with Crippen molar-refractivity contribution in [1.82, 2.24) is 4.57 Å². The average molecular weight is 822 g/mol. The van der Waals surface area contributed by atoms with Crippen molar-refractivity contribution in [2.45, 2.75) is 26.5 Å². The van der Waals surface area contributed by atoms with Crippen molar-refractivity contribution in [2.24, 2.45) is 4.99 Å². The molecule has 2 heterocycles. The van der Waals surface area contributed by atoms with Crippen molar-refractivity contribution in [3.05, 3.63) is 115 Å². The van der Waals surface area contributed by atoms with Crippen LogP contribution in [0.5, 0.6) is 17.2 Å². The van der Waals surface area contributed by atoms with Crippen LogP contribution in [-0.2, 0) is 16.1 Å². The summed E-state index contributed by atoms with van der Waals surface area (Å²) in [6, 6.07) is 18.5. The normalized spacial score (nSPS) is 14.7. The van der Waals surface area contributed by atoms with Gasteiger partial charge >= 0.3 is 5.97 Å². The van der Waals surface area contributed by atoms with E-state index in [0.29, 0.717) is 44.3 Å². The minimum absolute atomic E-state index is 0.198. The summed E-state index contributed by atoms with van der Waals surface area (Å²) in [5.41, 5.74) is 3.10. The lowest BCUT2D eigenvalue weighted by atomic mass is 9.95. The molecule has 3 aromatic carbocycles. The molecule has 1 aromatic heterocycles. The zero-order valence-corrected chi connectivity index (χ0v) is 29.0. The summed E-state index contributed by atoms with van der Waals surface area (Å²) in [5.74, 6) is 1.35. The maximum Gasteiger partial charge on any atom is 0.338 e. The minimum Gasteiger partial charge on any atom is -0.493 e. The Bertz CT molecular complexity index is 1900. The second kappa shape index (κ2) is 13.6. The zero-order valence-electron chi connectivity index (χ0n) is 23.9. The van der Waals surface area contributed by atoms with Crippen LogP contribution in [0.25, 0.3) is 6.08 Å². The maximum absolute atomic E-state index is 13.9. The van der Waals surface area contributed by atoms with Crippen molar-refractivity contribution < 1.29 is 23.7 Å². The molecule has 0 saturated heterocycles. The van der Waals surface area contributed by atoms with Gasteiger partial charge in [0.2, 0.25) is 0 Å². The predicted octanol–water partition coefficient (Wildman–Crippen LogP) is 5.60. The first kappa shape index (κ1) is 31.3. The van der Waals surface area contributed by atoms with Gasteiger partial charge in [0, 0.05) is 3.57 Å². The van der Waals surface area contributed by atoms with Crippen molar-refractivity contribution in [1.29, 1.82) is 0 Å². The van der Waals surface area contributed by atoms with E-state index in [9.17, 15) is 9.59 Å². The number of allylic oxidation sites excluding steroid dienone is 1. The number of benzene rings is 3. The van der Waals surface area contributed by atoms with E-state index in [-0.39, 0.29) is 12.2 Å². The molecular formula is C32H28I2N2O6S. The molecule has 0 saturated carbocycles. The number of nitrogens with zero attached hydrogens (tertiary/aromatic N) is 2. The SMILES string of the molecule is CCOC(=O)C1=C(C)N=c2s/c(=C\c3ccc(COc4ccc(I)cc4I)cc3)c(=O)n2[C@@H]1c1ccc(OC)c(OC)c1. The molecule has 43 heavy (non-hydrogen) atoms. The number of methoxy groups -OCH3 is 2. The minimum atomic E-state index is -0.749. The van der Waals surface area contributed by atoms with Gasteiger partial charge < -0.3 is 18.9 Å². The highest BCUT2D eigenvalue weighted by Gasteiger charge is 2.34. The highest BCUT2D eigenvalue weighted by molar-refractivity contribution is 14.1. The Kier molecular flexibility index (Phi) is 9.92. The predicted molar refractivity (Wildman–Crippen MR) is 183 cm³/mol. The molecule has 0 amide bonds. The van der Waals surface area contributed by atoms with E-state index in [4.69, 9.17) is 18.9 Å². The molecule has 0 fully saturated rings. The standard InChI is InChI=1S/C32H28I2N2O6S/c1-5-41-31(38)28-18(2)35-32-36(29(28)21-10-12-25(39-3)26(15-21)40-4)30(37)27(43-32)14-19-6-8-20(9-7-19)17-42-24-13-11-22(33)16-23(24)34/h6-16,29H,5,17H2,1-4H3/b27-14-/t29-/m1/s1. The van der Waals surface area contributed by atoms with Gasteiger partial charge in [0.1, 0.15) is 12.4 Å². The Morgan fingerprint density at radius 3 is 2.40 bits per heavy atom. The molecular weight excluding hydrogens is 794 g/mol. The van der Waals surface area contributed by atoms with Gasteiger partial charge in [-0.3, -0.25) is 9.36 Å². The number of fused-ring (bicyclic) bond motifs is 1. The molecule has 1 aliphatic heterocycles. The van der Waals surface area contributed by atoms with E-state index in [1.54, 1.807) is 44.8 Å². The topological polar surface area (TPSA) is 88.4 Å². The molecule has 1 aliphatic rings. The molecule has 11 heteroatoms. The Balaban J connectivity index is 1.51. The quantitative estimate of drug-likeness (QED) is 0.162. The number of esters is 1.